The molecular weight excluding hydrogens is 406 g/mol. The number of anilines is 1. The average Bonchev–Trinajstić information content (AvgIpc) is 2.83. The molecule has 2 aromatic carbocycles. The van der Waals surface area contributed by atoms with Crippen molar-refractivity contribution in [3.8, 4) is 11.5 Å². The van der Waals surface area contributed by atoms with Crippen LogP contribution < -0.4 is 14.4 Å². The number of hydrogen-bond acceptors (Lipinski definition) is 6. The molecule has 32 heavy (non-hydrogen) atoms. The highest BCUT2D eigenvalue weighted by Crippen LogP contribution is 2.21. The summed E-state index contributed by atoms with van der Waals surface area (Å²) in [6, 6.07) is 19.3. The lowest BCUT2D eigenvalue weighted by atomic mass is 10.1. The first-order valence-electron chi connectivity index (χ1n) is 10.6. The number of rotatable bonds is 8. The van der Waals surface area contributed by atoms with E-state index >= 15 is 0 Å². The van der Waals surface area contributed by atoms with E-state index in [0.29, 0.717) is 12.4 Å². The second-order valence-electron chi connectivity index (χ2n) is 7.73. The minimum Gasteiger partial charge on any atom is -0.497 e. The zero-order valence-corrected chi connectivity index (χ0v) is 18.1. The highest BCUT2D eigenvalue weighted by atomic mass is 16.5. The van der Waals surface area contributed by atoms with Crippen molar-refractivity contribution in [2.45, 2.75) is 13.2 Å². The molecule has 2 heterocycles. The number of carbonyl (C=O) groups is 1. The van der Waals surface area contributed by atoms with Crippen molar-refractivity contribution in [3.63, 3.8) is 0 Å². The molecule has 0 atom stereocenters. The van der Waals surface area contributed by atoms with Gasteiger partial charge in [0.15, 0.2) is 0 Å². The van der Waals surface area contributed by atoms with E-state index in [1.165, 1.54) is 5.56 Å². The summed E-state index contributed by atoms with van der Waals surface area (Å²) in [5.41, 5.74) is 2.49. The zero-order chi connectivity index (χ0) is 22.3. The van der Waals surface area contributed by atoms with E-state index in [1.807, 2.05) is 41.3 Å². The molecule has 0 bridgehead atoms. The molecule has 1 aromatic heterocycles. The van der Waals surface area contributed by atoms with Crippen LogP contribution in [-0.2, 0) is 13.2 Å². The van der Waals surface area contributed by atoms with Crippen LogP contribution in [0.3, 0.4) is 0 Å². The fourth-order valence-electron chi connectivity index (χ4n) is 3.85. The van der Waals surface area contributed by atoms with Crippen molar-refractivity contribution >= 4 is 11.8 Å². The van der Waals surface area contributed by atoms with Crippen LogP contribution in [0.4, 0.5) is 5.82 Å². The van der Waals surface area contributed by atoms with E-state index in [-0.39, 0.29) is 5.56 Å². The summed E-state index contributed by atoms with van der Waals surface area (Å²) >= 11 is 0. The van der Waals surface area contributed by atoms with Crippen molar-refractivity contribution < 1.29 is 19.4 Å². The van der Waals surface area contributed by atoms with Gasteiger partial charge in [-0.3, -0.25) is 4.90 Å². The summed E-state index contributed by atoms with van der Waals surface area (Å²) in [4.78, 5) is 20.2. The normalized spacial score (nSPS) is 14.2. The molecule has 0 aliphatic carbocycles. The standard InChI is InChI=1S/C25H27N3O4/c1-31-21-7-3-6-20(16-21)18-32-22-8-2-5-19(15-22)17-27-11-13-28(14-12-27)24-23(25(29)30)9-4-10-26-24/h2-10,15-16H,11-14,17-18H2,1H3,(H,29,30). The van der Waals surface area contributed by atoms with Crippen LogP contribution in [0.15, 0.2) is 66.9 Å². The molecule has 1 aliphatic rings. The summed E-state index contributed by atoms with van der Waals surface area (Å²) in [5.74, 6) is 1.26. The Morgan fingerprint density at radius 1 is 0.969 bits per heavy atom. The molecule has 0 spiro atoms. The largest absolute Gasteiger partial charge is 0.497 e. The van der Waals surface area contributed by atoms with E-state index in [9.17, 15) is 9.90 Å². The molecule has 4 rings (SSSR count). The monoisotopic (exact) mass is 433 g/mol. The molecule has 1 aliphatic heterocycles. The third-order valence-corrected chi connectivity index (χ3v) is 5.53. The average molecular weight is 434 g/mol. The van der Waals surface area contributed by atoms with Gasteiger partial charge >= 0.3 is 5.97 Å². The molecule has 0 amide bonds. The maximum atomic E-state index is 11.5. The van der Waals surface area contributed by atoms with Crippen LogP contribution in [0.1, 0.15) is 21.5 Å². The summed E-state index contributed by atoms with van der Waals surface area (Å²) in [6.07, 6.45) is 1.64. The van der Waals surface area contributed by atoms with E-state index in [2.05, 4.69) is 22.0 Å². The number of aromatic carboxylic acids is 1. The first-order chi connectivity index (χ1) is 15.6. The lowest BCUT2D eigenvalue weighted by Gasteiger charge is -2.35. The number of aromatic nitrogens is 1. The van der Waals surface area contributed by atoms with Crippen LogP contribution in [0.5, 0.6) is 11.5 Å². The van der Waals surface area contributed by atoms with Crippen LogP contribution >= 0.6 is 0 Å². The van der Waals surface area contributed by atoms with E-state index < -0.39 is 5.97 Å². The predicted octanol–water partition coefficient (Wildman–Crippen LogP) is 3.69. The SMILES string of the molecule is COc1cccc(COc2cccc(CN3CCN(c4ncccc4C(=O)O)CC3)c2)c1. The Morgan fingerprint density at radius 3 is 2.44 bits per heavy atom. The van der Waals surface area contributed by atoms with Gasteiger partial charge in [0.05, 0.1) is 7.11 Å². The Kier molecular flexibility index (Phi) is 6.87. The van der Waals surface area contributed by atoms with Crippen molar-refractivity contribution in [1.82, 2.24) is 9.88 Å². The van der Waals surface area contributed by atoms with E-state index in [4.69, 9.17) is 9.47 Å². The van der Waals surface area contributed by atoms with E-state index in [1.54, 1.807) is 25.4 Å². The maximum absolute atomic E-state index is 11.5. The molecule has 1 fully saturated rings. The molecule has 0 saturated carbocycles. The lowest BCUT2D eigenvalue weighted by Crippen LogP contribution is -2.46. The van der Waals surface area contributed by atoms with Gasteiger partial charge in [-0.25, -0.2) is 9.78 Å². The van der Waals surface area contributed by atoms with Crippen molar-refractivity contribution in [2.75, 3.05) is 38.2 Å². The number of carboxylic acid groups (broad SMARTS) is 1. The fourth-order valence-corrected chi connectivity index (χ4v) is 3.85. The molecule has 0 unspecified atom stereocenters. The number of benzene rings is 2. The molecule has 0 radical (unpaired) electrons. The number of hydrogen-bond donors (Lipinski definition) is 1. The number of nitrogens with zero attached hydrogens (tertiary/aromatic N) is 3. The topological polar surface area (TPSA) is 75.1 Å². The first kappa shape index (κ1) is 21.6. The summed E-state index contributed by atoms with van der Waals surface area (Å²) in [5, 5.41) is 9.42. The highest BCUT2D eigenvalue weighted by Gasteiger charge is 2.22. The smallest absolute Gasteiger partial charge is 0.339 e. The van der Waals surface area contributed by atoms with Crippen molar-refractivity contribution in [2.24, 2.45) is 0 Å². The van der Waals surface area contributed by atoms with Gasteiger partial charge < -0.3 is 19.5 Å². The number of carboxylic acids is 1. The summed E-state index contributed by atoms with van der Waals surface area (Å²) < 4.78 is 11.3. The molecule has 1 saturated heterocycles. The van der Waals surface area contributed by atoms with Gasteiger partial charge in [0.1, 0.15) is 29.5 Å². The summed E-state index contributed by atoms with van der Waals surface area (Å²) in [7, 11) is 1.66. The van der Waals surface area contributed by atoms with Crippen LogP contribution in [-0.4, -0.2) is 54.2 Å². The maximum Gasteiger partial charge on any atom is 0.339 e. The Labute approximate surface area is 187 Å². The minimum absolute atomic E-state index is 0.252. The van der Waals surface area contributed by atoms with Crippen LogP contribution in [0, 0.1) is 0 Å². The Balaban J connectivity index is 1.32. The van der Waals surface area contributed by atoms with Crippen molar-refractivity contribution in [1.29, 1.82) is 0 Å². The molecule has 1 N–H and O–H groups in total. The van der Waals surface area contributed by atoms with Gasteiger partial charge in [-0.2, -0.15) is 0 Å². The van der Waals surface area contributed by atoms with Gasteiger partial charge in [-0.05, 0) is 47.5 Å². The van der Waals surface area contributed by atoms with Gasteiger partial charge in [0.2, 0.25) is 0 Å². The van der Waals surface area contributed by atoms with Gasteiger partial charge in [0.25, 0.3) is 0 Å². The predicted molar refractivity (Wildman–Crippen MR) is 122 cm³/mol. The Bertz CT molecular complexity index is 1060. The first-order valence-corrected chi connectivity index (χ1v) is 10.6. The number of piperazine rings is 1. The van der Waals surface area contributed by atoms with Gasteiger partial charge in [0, 0.05) is 38.9 Å². The fraction of sp³-hybridized carbons (Fsp3) is 0.280. The second kappa shape index (κ2) is 10.2. The number of methoxy groups -OCH3 is 1. The molecular formula is C25H27N3O4. The second-order valence-corrected chi connectivity index (χ2v) is 7.73. The van der Waals surface area contributed by atoms with Crippen molar-refractivity contribution in [3.05, 3.63) is 83.6 Å². The number of ether oxygens (including phenoxy) is 2. The quantitative estimate of drug-likeness (QED) is 0.581. The van der Waals surface area contributed by atoms with E-state index in [0.717, 1.165) is 49.8 Å². The minimum atomic E-state index is -0.943. The third kappa shape index (κ3) is 5.36. The van der Waals surface area contributed by atoms with Crippen LogP contribution in [0.2, 0.25) is 0 Å². The third-order valence-electron chi connectivity index (χ3n) is 5.53. The number of pyridine rings is 1. The zero-order valence-electron chi connectivity index (χ0n) is 18.1. The summed E-state index contributed by atoms with van der Waals surface area (Å²) in [6.45, 7) is 4.45. The Hall–Kier alpha value is -3.58. The molecule has 166 valence electrons. The van der Waals surface area contributed by atoms with Crippen LogP contribution in [0.25, 0.3) is 0 Å². The lowest BCUT2D eigenvalue weighted by molar-refractivity contribution is 0.0697. The Morgan fingerprint density at radius 2 is 1.69 bits per heavy atom. The molecule has 7 nitrogen and oxygen atoms in total. The molecule has 3 aromatic rings. The van der Waals surface area contributed by atoms with Gasteiger partial charge in [-0.1, -0.05) is 24.3 Å². The highest BCUT2D eigenvalue weighted by molar-refractivity contribution is 5.93. The van der Waals surface area contributed by atoms with Gasteiger partial charge in [-0.15, -0.1) is 0 Å². The molecule has 7 heteroatoms.